The second-order valence-corrected chi connectivity index (χ2v) is 3.15. The van der Waals surface area contributed by atoms with Crippen LogP contribution < -0.4 is 11.4 Å². The first-order valence-corrected chi connectivity index (χ1v) is 4.47. The molecule has 0 aliphatic heterocycles. The minimum Gasteiger partial charge on any atom is -0.334 e. The number of benzene rings is 1. The van der Waals surface area contributed by atoms with Crippen LogP contribution in [-0.4, -0.2) is 14.9 Å². The van der Waals surface area contributed by atoms with Gasteiger partial charge >= 0.3 is 0 Å². The topological polar surface area (TPSA) is 73.8 Å². The minimum atomic E-state index is -0.330. The third kappa shape index (κ3) is 1.59. The molecular weight excluding hydrogens is 192 g/mol. The number of rotatable bonds is 1. The van der Waals surface area contributed by atoms with Crippen LogP contribution in [-0.2, 0) is 0 Å². The van der Waals surface area contributed by atoms with E-state index in [9.17, 15) is 4.79 Å². The highest BCUT2D eigenvalue weighted by Crippen LogP contribution is 2.11. The van der Waals surface area contributed by atoms with Crippen LogP contribution in [0.1, 0.15) is 5.69 Å². The summed E-state index contributed by atoms with van der Waals surface area (Å²) in [5.74, 6) is 5.98. The third-order valence-electron chi connectivity index (χ3n) is 2.08. The summed E-state index contributed by atoms with van der Waals surface area (Å²) in [6.45, 7) is 1.58. The first-order chi connectivity index (χ1) is 7.20. The van der Waals surface area contributed by atoms with Crippen molar-refractivity contribution in [2.45, 2.75) is 6.92 Å². The van der Waals surface area contributed by atoms with E-state index in [1.165, 1.54) is 0 Å². The summed E-state index contributed by atoms with van der Waals surface area (Å²) >= 11 is 0. The predicted octanol–water partition coefficient (Wildman–Crippen LogP) is 0.328. The van der Waals surface area contributed by atoms with Crippen LogP contribution in [0.3, 0.4) is 0 Å². The van der Waals surface area contributed by atoms with E-state index in [2.05, 4.69) is 10.2 Å². The largest absolute Gasteiger partial charge is 0.334 e. The molecule has 1 heterocycles. The summed E-state index contributed by atoms with van der Waals surface area (Å²) in [5.41, 5.74) is 0.727. The average Bonchev–Trinajstić information content (AvgIpc) is 2.27. The van der Waals surface area contributed by atoms with E-state index in [1.807, 2.05) is 30.3 Å². The second-order valence-electron chi connectivity index (χ2n) is 3.15. The summed E-state index contributed by atoms with van der Waals surface area (Å²) in [6, 6.07) is 9.22. The van der Waals surface area contributed by atoms with Gasteiger partial charge in [0.25, 0.3) is 5.56 Å². The van der Waals surface area contributed by atoms with Crippen molar-refractivity contribution < 1.29 is 0 Å². The molecule has 2 rings (SSSR count). The van der Waals surface area contributed by atoms with Gasteiger partial charge in [0.1, 0.15) is 5.69 Å². The van der Waals surface area contributed by atoms with Gasteiger partial charge in [0.2, 0.25) is 0 Å². The number of aromatic nitrogens is 3. The van der Waals surface area contributed by atoms with Crippen LogP contribution in [0.2, 0.25) is 0 Å². The fraction of sp³-hybridized carbons (Fsp3) is 0.100. The normalized spacial score (nSPS) is 10.2. The van der Waals surface area contributed by atoms with Gasteiger partial charge in [0.15, 0.2) is 5.82 Å². The predicted molar refractivity (Wildman–Crippen MR) is 56.6 cm³/mol. The smallest absolute Gasteiger partial charge is 0.293 e. The van der Waals surface area contributed by atoms with E-state index < -0.39 is 0 Å². The molecule has 5 heteroatoms. The monoisotopic (exact) mass is 202 g/mol. The lowest BCUT2D eigenvalue weighted by atomic mass is 10.2. The van der Waals surface area contributed by atoms with E-state index in [0.29, 0.717) is 5.82 Å². The van der Waals surface area contributed by atoms with Crippen LogP contribution >= 0.6 is 0 Å². The number of nitrogens with zero attached hydrogens (tertiary/aromatic N) is 3. The Morgan fingerprint density at radius 2 is 1.87 bits per heavy atom. The molecule has 0 spiro atoms. The Labute approximate surface area is 86.2 Å². The van der Waals surface area contributed by atoms with Crippen molar-refractivity contribution in [1.29, 1.82) is 0 Å². The van der Waals surface area contributed by atoms with Crippen molar-refractivity contribution in [3.63, 3.8) is 0 Å². The van der Waals surface area contributed by atoms with Crippen molar-refractivity contribution in [3.8, 4) is 11.4 Å². The van der Waals surface area contributed by atoms with Gasteiger partial charge in [0, 0.05) is 5.56 Å². The van der Waals surface area contributed by atoms with Gasteiger partial charge in [-0.1, -0.05) is 30.3 Å². The Morgan fingerprint density at radius 1 is 1.20 bits per heavy atom. The van der Waals surface area contributed by atoms with Crippen molar-refractivity contribution in [3.05, 3.63) is 46.4 Å². The number of hydrogen-bond acceptors (Lipinski definition) is 4. The van der Waals surface area contributed by atoms with Crippen LogP contribution in [0.25, 0.3) is 11.4 Å². The summed E-state index contributed by atoms with van der Waals surface area (Å²) in [5, 5.41) is 7.65. The Morgan fingerprint density at radius 3 is 2.53 bits per heavy atom. The Balaban J connectivity index is 2.66. The maximum Gasteiger partial charge on any atom is 0.293 e. The first kappa shape index (κ1) is 9.39. The minimum absolute atomic E-state index is 0.289. The Kier molecular flexibility index (Phi) is 2.21. The second kappa shape index (κ2) is 3.53. The molecule has 0 atom stereocenters. The molecule has 0 fully saturated rings. The summed E-state index contributed by atoms with van der Waals surface area (Å²) in [7, 11) is 0. The van der Waals surface area contributed by atoms with Gasteiger partial charge in [-0.2, -0.15) is 0 Å². The first-order valence-electron chi connectivity index (χ1n) is 4.47. The zero-order chi connectivity index (χ0) is 10.8. The molecule has 1 aromatic carbocycles. The zero-order valence-electron chi connectivity index (χ0n) is 8.21. The Bertz CT molecular complexity index is 533. The fourth-order valence-electron chi connectivity index (χ4n) is 1.27. The van der Waals surface area contributed by atoms with Gasteiger partial charge in [-0.15, -0.1) is 10.2 Å². The maximum absolute atomic E-state index is 11.5. The third-order valence-corrected chi connectivity index (χ3v) is 2.08. The lowest BCUT2D eigenvalue weighted by Gasteiger charge is -2.05. The van der Waals surface area contributed by atoms with Crippen LogP contribution in [0, 0.1) is 6.92 Å². The molecule has 2 aromatic rings. The molecule has 0 bridgehead atoms. The van der Waals surface area contributed by atoms with E-state index in [1.54, 1.807) is 6.92 Å². The molecule has 0 aliphatic carbocycles. The molecule has 15 heavy (non-hydrogen) atoms. The molecule has 0 amide bonds. The maximum atomic E-state index is 11.5. The zero-order valence-corrected chi connectivity index (χ0v) is 8.21. The molecule has 0 unspecified atom stereocenters. The van der Waals surface area contributed by atoms with E-state index >= 15 is 0 Å². The number of nitrogen functional groups attached to an aromatic ring is 1. The molecular formula is C10H10N4O. The van der Waals surface area contributed by atoms with E-state index in [4.69, 9.17) is 5.84 Å². The van der Waals surface area contributed by atoms with Gasteiger partial charge in [-0.3, -0.25) is 4.79 Å². The van der Waals surface area contributed by atoms with Gasteiger partial charge in [-0.05, 0) is 6.92 Å². The highest BCUT2D eigenvalue weighted by molar-refractivity contribution is 5.54. The van der Waals surface area contributed by atoms with Crippen molar-refractivity contribution >= 4 is 0 Å². The SMILES string of the molecule is Cc1nnc(-c2ccccc2)n(N)c1=O. The molecule has 2 N–H and O–H groups in total. The van der Waals surface area contributed by atoms with Gasteiger partial charge < -0.3 is 5.84 Å². The molecule has 0 aliphatic rings. The highest BCUT2D eigenvalue weighted by atomic mass is 16.1. The molecule has 1 aromatic heterocycles. The van der Waals surface area contributed by atoms with Crippen LogP contribution in [0.4, 0.5) is 0 Å². The van der Waals surface area contributed by atoms with Crippen molar-refractivity contribution in [2.75, 3.05) is 5.84 Å². The number of aryl methyl sites for hydroxylation is 1. The summed E-state index contributed by atoms with van der Waals surface area (Å²) in [4.78, 5) is 11.5. The quantitative estimate of drug-likeness (QED) is 0.676. The highest BCUT2D eigenvalue weighted by Gasteiger charge is 2.07. The van der Waals surface area contributed by atoms with Gasteiger partial charge in [0.05, 0.1) is 0 Å². The Hall–Kier alpha value is -2.17. The van der Waals surface area contributed by atoms with Crippen molar-refractivity contribution in [1.82, 2.24) is 14.9 Å². The summed E-state index contributed by atoms with van der Waals surface area (Å²) < 4.78 is 1.01. The molecule has 0 radical (unpaired) electrons. The lowest BCUT2D eigenvalue weighted by molar-refractivity contribution is 0.807. The average molecular weight is 202 g/mol. The van der Waals surface area contributed by atoms with Crippen LogP contribution in [0.5, 0.6) is 0 Å². The fourth-order valence-corrected chi connectivity index (χ4v) is 1.27. The number of hydrogen-bond donors (Lipinski definition) is 1. The summed E-state index contributed by atoms with van der Waals surface area (Å²) in [6.07, 6.45) is 0. The lowest BCUT2D eigenvalue weighted by Crippen LogP contribution is -2.32. The van der Waals surface area contributed by atoms with Gasteiger partial charge in [-0.25, -0.2) is 4.68 Å². The van der Waals surface area contributed by atoms with Crippen molar-refractivity contribution in [2.24, 2.45) is 0 Å². The van der Waals surface area contributed by atoms with Crippen LogP contribution in [0.15, 0.2) is 35.1 Å². The van der Waals surface area contributed by atoms with E-state index in [-0.39, 0.29) is 11.3 Å². The van der Waals surface area contributed by atoms with E-state index in [0.717, 1.165) is 10.2 Å². The molecule has 0 saturated heterocycles. The molecule has 76 valence electrons. The molecule has 0 saturated carbocycles. The molecule has 5 nitrogen and oxygen atoms in total. The number of nitrogens with two attached hydrogens (primary N) is 1. The standard InChI is InChI=1S/C10H10N4O/c1-7-10(15)14(11)9(13-12-7)8-5-3-2-4-6-8/h2-6H,11H2,1H3.